The van der Waals surface area contributed by atoms with Crippen molar-refractivity contribution in [3.05, 3.63) is 95.0 Å². The molecule has 0 bridgehead atoms. The Morgan fingerprint density at radius 2 is 1.69 bits per heavy atom. The lowest BCUT2D eigenvalue weighted by Crippen LogP contribution is -3.00. The predicted molar refractivity (Wildman–Crippen MR) is 136 cm³/mol. The second kappa shape index (κ2) is 10.1. The Balaban J connectivity index is 0.00000245. The molecule has 0 fully saturated rings. The van der Waals surface area contributed by atoms with E-state index in [9.17, 15) is 0 Å². The molecule has 1 aliphatic heterocycles. The van der Waals surface area contributed by atoms with E-state index in [0.29, 0.717) is 0 Å². The molecule has 3 aromatic carbocycles. The van der Waals surface area contributed by atoms with Crippen molar-refractivity contribution in [1.29, 1.82) is 0 Å². The number of nitrogens with zero attached hydrogens (tertiary/aromatic N) is 2. The second-order valence-corrected chi connectivity index (χ2v) is 9.54. The molecule has 2 heterocycles. The number of benzene rings is 3. The highest BCUT2D eigenvalue weighted by Gasteiger charge is 2.23. The molecule has 5 heteroatoms. The van der Waals surface area contributed by atoms with E-state index in [2.05, 4.69) is 114 Å². The number of aryl methyl sites for hydroxylation is 1. The van der Waals surface area contributed by atoms with Crippen molar-refractivity contribution in [3.63, 3.8) is 0 Å². The summed E-state index contributed by atoms with van der Waals surface area (Å²) in [6.45, 7) is 6.36. The highest BCUT2D eigenvalue weighted by molar-refractivity contribution is 8.03. The number of thioether (sulfide) groups is 1. The molecule has 0 saturated carbocycles. The summed E-state index contributed by atoms with van der Waals surface area (Å²) < 4.78 is 3.73. The molecular weight excluding hydrogens is 496 g/mol. The normalized spacial score (nSPS) is 14.3. The van der Waals surface area contributed by atoms with Gasteiger partial charge in [-0.05, 0) is 55.3 Å². The minimum Gasteiger partial charge on any atom is -1.00 e. The van der Waals surface area contributed by atoms with Crippen molar-refractivity contribution in [3.8, 4) is 11.1 Å². The van der Waals surface area contributed by atoms with E-state index in [1.807, 2.05) is 23.1 Å². The summed E-state index contributed by atoms with van der Waals surface area (Å²) in [5.74, 6) is 0. The number of rotatable bonds is 5. The minimum atomic E-state index is 0. The van der Waals surface area contributed by atoms with Gasteiger partial charge in [0.2, 0.25) is 5.52 Å². The van der Waals surface area contributed by atoms with Crippen LogP contribution in [0.4, 0.5) is 5.69 Å². The van der Waals surface area contributed by atoms with Gasteiger partial charge >= 0.3 is 0 Å². The van der Waals surface area contributed by atoms with E-state index in [4.69, 9.17) is 0 Å². The molecule has 0 unspecified atom stereocenters. The first kappa shape index (κ1) is 22.8. The molecule has 1 aromatic heterocycles. The molecule has 0 aliphatic carbocycles. The van der Waals surface area contributed by atoms with E-state index in [1.54, 1.807) is 0 Å². The maximum Gasteiger partial charge on any atom is 0.262 e. The van der Waals surface area contributed by atoms with Gasteiger partial charge in [0.1, 0.15) is 11.2 Å². The van der Waals surface area contributed by atoms with E-state index in [0.717, 1.165) is 13.1 Å². The Labute approximate surface area is 208 Å². The third-order valence-electron chi connectivity index (χ3n) is 5.58. The fourth-order valence-electron chi connectivity index (χ4n) is 4.08. The van der Waals surface area contributed by atoms with Gasteiger partial charge in [0, 0.05) is 23.6 Å². The molecule has 4 aromatic rings. The van der Waals surface area contributed by atoms with Crippen LogP contribution in [0.1, 0.15) is 18.9 Å². The van der Waals surface area contributed by atoms with Gasteiger partial charge in [-0.2, -0.15) is 4.57 Å². The van der Waals surface area contributed by atoms with Crippen molar-refractivity contribution in [2.45, 2.75) is 25.3 Å². The predicted octanol–water partition coefficient (Wildman–Crippen LogP) is 4.37. The maximum absolute atomic E-state index is 2.40. The molecule has 32 heavy (non-hydrogen) atoms. The lowest BCUT2D eigenvalue weighted by Gasteiger charge is -2.17. The monoisotopic (exact) mass is 520 g/mol. The summed E-state index contributed by atoms with van der Waals surface area (Å²) in [6, 6.07) is 26.1. The van der Waals surface area contributed by atoms with Crippen molar-refractivity contribution < 1.29 is 21.5 Å². The Bertz CT molecular complexity index is 1290. The highest BCUT2D eigenvalue weighted by Crippen LogP contribution is 2.45. The van der Waals surface area contributed by atoms with Crippen LogP contribution in [0.3, 0.4) is 0 Å². The van der Waals surface area contributed by atoms with E-state index in [1.165, 1.54) is 42.0 Å². The van der Waals surface area contributed by atoms with Crippen LogP contribution in [0, 0.1) is 0 Å². The quantitative estimate of drug-likeness (QED) is 0.361. The van der Waals surface area contributed by atoms with Crippen molar-refractivity contribution in [2.24, 2.45) is 0 Å². The molecule has 2 nitrogen and oxygen atoms in total. The van der Waals surface area contributed by atoms with Crippen LogP contribution in [-0.4, -0.2) is 6.54 Å². The first-order valence-corrected chi connectivity index (χ1v) is 12.4. The SMILES string of the molecule is CCN1/C(=C/C=C/c2sc3cc(-c4ccccc4)ccc3[n+]2CC)Sc2ccccc21.[Br-]. The first-order valence-electron chi connectivity index (χ1n) is 10.7. The lowest BCUT2D eigenvalue weighted by molar-refractivity contribution is -0.665. The average Bonchev–Trinajstić information content (AvgIpc) is 3.36. The number of hydrogen-bond acceptors (Lipinski definition) is 3. The van der Waals surface area contributed by atoms with Crippen LogP contribution in [0.5, 0.6) is 0 Å². The molecule has 0 spiro atoms. The minimum absolute atomic E-state index is 0. The summed E-state index contributed by atoms with van der Waals surface area (Å²) in [5.41, 5.74) is 5.15. The van der Waals surface area contributed by atoms with E-state index < -0.39 is 0 Å². The van der Waals surface area contributed by atoms with Crippen LogP contribution in [0.2, 0.25) is 0 Å². The van der Waals surface area contributed by atoms with Crippen molar-refractivity contribution in [2.75, 3.05) is 11.4 Å². The Morgan fingerprint density at radius 3 is 2.47 bits per heavy atom. The van der Waals surface area contributed by atoms with E-state index >= 15 is 0 Å². The Morgan fingerprint density at radius 1 is 0.906 bits per heavy atom. The topological polar surface area (TPSA) is 7.12 Å². The summed E-state index contributed by atoms with van der Waals surface area (Å²) in [7, 11) is 0. The van der Waals surface area contributed by atoms with Gasteiger partial charge in [-0.25, -0.2) is 0 Å². The molecule has 162 valence electrons. The average molecular weight is 522 g/mol. The largest absolute Gasteiger partial charge is 1.00 e. The van der Waals surface area contributed by atoms with Crippen LogP contribution < -0.4 is 26.4 Å². The van der Waals surface area contributed by atoms with Gasteiger partial charge in [-0.15, -0.1) is 0 Å². The first-order chi connectivity index (χ1) is 15.3. The molecule has 1 aliphatic rings. The summed E-state index contributed by atoms with van der Waals surface area (Å²) >= 11 is 3.71. The van der Waals surface area contributed by atoms with Gasteiger partial charge in [0.05, 0.1) is 10.7 Å². The van der Waals surface area contributed by atoms with E-state index in [-0.39, 0.29) is 17.0 Å². The molecule has 0 radical (unpaired) electrons. The van der Waals surface area contributed by atoms with Crippen molar-refractivity contribution in [1.82, 2.24) is 0 Å². The van der Waals surface area contributed by atoms with Crippen LogP contribution >= 0.6 is 23.1 Å². The Kier molecular flexibility index (Phi) is 7.19. The van der Waals surface area contributed by atoms with Gasteiger partial charge in [-0.3, -0.25) is 0 Å². The number of allylic oxidation sites excluding steroid dienone is 2. The molecule has 5 rings (SSSR count). The number of hydrogen-bond donors (Lipinski definition) is 0. The number of para-hydroxylation sites is 1. The zero-order chi connectivity index (χ0) is 21.2. The van der Waals surface area contributed by atoms with Crippen LogP contribution in [0.25, 0.3) is 27.4 Å². The summed E-state index contributed by atoms with van der Waals surface area (Å²) in [6.07, 6.45) is 6.69. The number of thiazole rings is 1. The fourth-order valence-corrected chi connectivity index (χ4v) is 6.40. The second-order valence-electron chi connectivity index (χ2n) is 7.41. The standard InChI is InChI=1S/C27H25N2S2.BrH/c1-3-28-22-13-8-9-14-24(22)30-26(28)15-10-16-27-29(4-2)23-18-17-21(19-25(23)31-27)20-11-6-5-7-12-20;/h5-19H,3-4H2,1-2H3;1H/q+1;/p-1. The Hall–Kier alpha value is -2.34. The van der Waals surface area contributed by atoms with Gasteiger partial charge < -0.3 is 21.9 Å². The number of halogens is 1. The third kappa shape index (κ3) is 4.29. The van der Waals surface area contributed by atoms with Crippen molar-refractivity contribution >= 4 is 45.1 Å². The van der Waals surface area contributed by atoms with Crippen LogP contribution in [0.15, 0.2) is 94.9 Å². The zero-order valence-electron chi connectivity index (χ0n) is 18.2. The molecule has 0 saturated heterocycles. The van der Waals surface area contributed by atoms with Gasteiger partial charge in [-0.1, -0.05) is 71.6 Å². The van der Waals surface area contributed by atoms with Gasteiger partial charge in [0.15, 0.2) is 0 Å². The maximum atomic E-state index is 2.40. The molecule has 0 N–H and O–H groups in total. The fraction of sp³-hybridized carbons (Fsp3) is 0.148. The number of fused-ring (bicyclic) bond motifs is 2. The third-order valence-corrected chi connectivity index (χ3v) is 7.83. The molecular formula is C27H25BrN2S2. The molecule has 0 amide bonds. The van der Waals surface area contributed by atoms with Crippen LogP contribution in [-0.2, 0) is 6.54 Å². The highest BCUT2D eigenvalue weighted by atomic mass is 79.9. The molecule has 0 atom stereocenters. The lowest BCUT2D eigenvalue weighted by atomic mass is 10.1. The summed E-state index contributed by atoms with van der Waals surface area (Å²) in [4.78, 5) is 3.72. The summed E-state index contributed by atoms with van der Waals surface area (Å²) in [5, 5.41) is 2.57. The van der Waals surface area contributed by atoms with Gasteiger partial charge in [0.25, 0.3) is 5.01 Å². The number of anilines is 1. The smallest absolute Gasteiger partial charge is 0.262 e. The number of aromatic nitrogens is 1. The zero-order valence-corrected chi connectivity index (χ0v) is 21.4.